The first-order chi connectivity index (χ1) is 10.8. The summed E-state index contributed by atoms with van der Waals surface area (Å²) < 4.78 is 39.4. The van der Waals surface area contributed by atoms with Crippen LogP contribution in [0.4, 0.5) is 3.89 Å². The number of fused-ring (bicyclic) bond motifs is 1. The molecular weight excluding hydrogens is 325 g/mol. The van der Waals surface area contributed by atoms with E-state index in [0.717, 1.165) is 11.3 Å². The first kappa shape index (κ1) is 15.2. The molecule has 9 heteroatoms. The van der Waals surface area contributed by atoms with Gasteiger partial charge in [0.25, 0.3) is 5.56 Å². The number of hydrogen-bond acceptors (Lipinski definition) is 5. The summed E-state index contributed by atoms with van der Waals surface area (Å²) in [5, 5.41) is 0.483. The van der Waals surface area contributed by atoms with E-state index < -0.39 is 10.5 Å². The summed E-state index contributed by atoms with van der Waals surface area (Å²) >= 11 is 0. The molecule has 0 bridgehead atoms. The van der Waals surface area contributed by atoms with Crippen LogP contribution in [0.2, 0.25) is 0 Å². The van der Waals surface area contributed by atoms with Crippen molar-refractivity contribution in [1.29, 1.82) is 0 Å². The van der Waals surface area contributed by atoms with E-state index in [-0.39, 0.29) is 11.3 Å². The molecule has 0 saturated heterocycles. The van der Waals surface area contributed by atoms with Crippen LogP contribution in [0.15, 0.2) is 35.4 Å². The maximum Gasteiger partial charge on any atom is 0.488 e. The van der Waals surface area contributed by atoms with Gasteiger partial charge in [0.2, 0.25) is 0 Å². The molecule has 23 heavy (non-hydrogen) atoms. The van der Waals surface area contributed by atoms with Gasteiger partial charge in [0.1, 0.15) is 5.75 Å². The lowest BCUT2D eigenvalue weighted by molar-refractivity contribution is 0.440. The summed E-state index contributed by atoms with van der Waals surface area (Å²) in [5.74, 6) is -0.145. The number of rotatable bonds is 3. The van der Waals surface area contributed by atoms with E-state index in [9.17, 15) is 17.1 Å². The van der Waals surface area contributed by atoms with Crippen molar-refractivity contribution in [2.24, 2.45) is 0 Å². The van der Waals surface area contributed by atoms with Gasteiger partial charge in [-0.1, -0.05) is 3.89 Å². The predicted molar refractivity (Wildman–Crippen MR) is 81.8 cm³/mol. The number of aryl methyl sites for hydroxylation is 1. The second-order valence-corrected chi connectivity index (χ2v) is 5.90. The normalized spacial score (nSPS) is 11.8. The number of hydrogen-bond donors (Lipinski definition) is 1. The Bertz CT molecular complexity index is 1050. The molecule has 0 saturated carbocycles. The molecule has 0 atom stereocenters. The van der Waals surface area contributed by atoms with E-state index in [1.54, 1.807) is 16.7 Å². The van der Waals surface area contributed by atoms with Gasteiger partial charge in [-0.25, -0.2) is 4.98 Å². The molecule has 0 radical (unpaired) electrons. The highest BCUT2D eigenvalue weighted by Gasteiger charge is 2.16. The molecule has 7 nitrogen and oxygen atoms in total. The summed E-state index contributed by atoms with van der Waals surface area (Å²) in [6.45, 7) is 3.66. The van der Waals surface area contributed by atoms with Crippen LogP contribution >= 0.6 is 0 Å². The SMILES string of the molecule is Cc1c(C)n(-c2ccc(OS(=O)(=O)F)cc2)c2nc[nH]c(=O)c12. The first-order valence-electron chi connectivity index (χ1n) is 6.58. The molecule has 0 unspecified atom stereocenters. The number of H-pyrrole nitrogens is 1. The lowest BCUT2D eigenvalue weighted by atomic mass is 10.2. The molecule has 0 aliphatic heterocycles. The fourth-order valence-electron chi connectivity index (χ4n) is 2.49. The zero-order valence-corrected chi connectivity index (χ0v) is 13.0. The highest BCUT2D eigenvalue weighted by molar-refractivity contribution is 7.81. The Labute approximate surface area is 130 Å². The van der Waals surface area contributed by atoms with Crippen molar-refractivity contribution < 1.29 is 16.5 Å². The highest BCUT2D eigenvalue weighted by atomic mass is 32.3. The molecule has 3 aromatic rings. The minimum Gasteiger partial charge on any atom is -0.358 e. The van der Waals surface area contributed by atoms with Crippen molar-refractivity contribution >= 4 is 21.5 Å². The maximum absolute atomic E-state index is 12.5. The van der Waals surface area contributed by atoms with E-state index in [1.807, 2.05) is 13.8 Å². The van der Waals surface area contributed by atoms with Crippen molar-refractivity contribution in [3.05, 3.63) is 52.2 Å². The van der Waals surface area contributed by atoms with Crippen LogP contribution in [0.5, 0.6) is 5.75 Å². The molecule has 1 N–H and O–H groups in total. The number of nitrogens with zero attached hydrogens (tertiary/aromatic N) is 2. The number of halogens is 1. The third-order valence-corrected chi connectivity index (χ3v) is 3.98. The summed E-state index contributed by atoms with van der Waals surface area (Å²) in [5.41, 5.74) is 2.49. The molecule has 1 aromatic carbocycles. The standard InChI is InChI=1S/C14H12FN3O4S/c1-8-9(2)18(13-12(8)14(19)17-7-16-13)10-3-5-11(6-4-10)22-23(15,20)21/h3-7H,1-2H3,(H,16,17,19). The van der Waals surface area contributed by atoms with Crippen molar-refractivity contribution in [3.8, 4) is 11.4 Å². The third-order valence-electron chi connectivity index (χ3n) is 3.59. The van der Waals surface area contributed by atoms with Crippen molar-refractivity contribution in [1.82, 2.24) is 14.5 Å². The molecule has 0 spiro atoms. The Kier molecular flexibility index (Phi) is 3.44. The zero-order valence-electron chi connectivity index (χ0n) is 12.2. The van der Waals surface area contributed by atoms with Crippen LogP contribution in [0, 0.1) is 13.8 Å². The summed E-state index contributed by atoms with van der Waals surface area (Å²) in [6, 6.07) is 5.74. The van der Waals surface area contributed by atoms with Gasteiger partial charge in [0, 0.05) is 11.4 Å². The van der Waals surface area contributed by atoms with E-state index >= 15 is 0 Å². The molecule has 0 amide bonds. The Morgan fingerprint density at radius 3 is 2.48 bits per heavy atom. The van der Waals surface area contributed by atoms with E-state index in [1.165, 1.54) is 18.5 Å². The second kappa shape index (κ2) is 5.20. The summed E-state index contributed by atoms with van der Waals surface area (Å²) in [6.07, 6.45) is 1.31. The van der Waals surface area contributed by atoms with Crippen LogP contribution in [-0.4, -0.2) is 23.0 Å². The maximum atomic E-state index is 12.5. The van der Waals surface area contributed by atoms with Crippen molar-refractivity contribution in [3.63, 3.8) is 0 Å². The van der Waals surface area contributed by atoms with E-state index in [0.29, 0.717) is 16.7 Å². The minimum absolute atomic E-state index is 0.145. The van der Waals surface area contributed by atoms with E-state index in [2.05, 4.69) is 14.2 Å². The third kappa shape index (κ3) is 2.70. The van der Waals surface area contributed by atoms with Gasteiger partial charge in [0.05, 0.1) is 11.7 Å². The van der Waals surface area contributed by atoms with Crippen LogP contribution < -0.4 is 9.74 Å². The molecule has 2 heterocycles. The lowest BCUT2D eigenvalue weighted by Gasteiger charge is -2.08. The van der Waals surface area contributed by atoms with Crippen molar-refractivity contribution in [2.45, 2.75) is 13.8 Å². The van der Waals surface area contributed by atoms with Crippen LogP contribution in [0.1, 0.15) is 11.3 Å². The van der Waals surface area contributed by atoms with Gasteiger partial charge >= 0.3 is 10.5 Å². The zero-order chi connectivity index (χ0) is 16.8. The average molecular weight is 337 g/mol. The summed E-state index contributed by atoms with van der Waals surface area (Å²) in [7, 11) is -5.06. The van der Waals surface area contributed by atoms with Crippen molar-refractivity contribution in [2.75, 3.05) is 0 Å². The fraction of sp³-hybridized carbons (Fsp3) is 0.143. The molecule has 120 valence electrons. The topological polar surface area (TPSA) is 94.0 Å². The van der Waals surface area contributed by atoms with Crippen LogP contribution in [-0.2, 0) is 10.5 Å². The van der Waals surface area contributed by atoms with Gasteiger partial charge < -0.3 is 9.17 Å². The molecule has 0 aliphatic rings. The first-order valence-corrected chi connectivity index (χ1v) is 7.88. The Morgan fingerprint density at radius 2 is 1.87 bits per heavy atom. The number of aromatic nitrogens is 3. The Balaban J connectivity index is 2.16. The average Bonchev–Trinajstić information content (AvgIpc) is 2.72. The Morgan fingerprint density at radius 1 is 1.22 bits per heavy atom. The molecule has 3 rings (SSSR count). The largest absolute Gasteiger partial charge is 0.488 e. The molecular formula is C14H12FN3O4S. The van der Waals surface area contributed by atoms with Crippen LogP contribution in [0.3, 0.4) is 0 Å². The molecule has 2 aromatic heterocycles. The Hall–Kier alpha value is -2.68. The highest BCUT2D eigenvalue weighted by Crippen LogP contribution is 2.26. The van der Waals surface area contributed by atoms with Gasteiger partial charge in [-0.05, 0) is 43.7 Å². The van der Waals surface area contributed by atoms with E-state index in [4.69, 9.17) is 0 Å². The molecule has 0 fully saturated rings. The second-order valence-electron chi connectivity index (χ2n) is 4.95. The number of aromatic amines is 1. The van der Waals surface area contributed by atoms with Gasteiger partial charge in [-0.3, -0.25) is 9.36 Å². The van der Waals surface area contributed by atoms with Gasteiger partial charge in [-0.2, -0.15) is 8.42 Å². The van der Waals surface area contributed by atoms with Crippen LogP contribution in [0.25, 0.3) is 16.7 Å². The summed E-state index contributed by atoms with van der Waals surface area (Å²) in [4.78, 5) is 18.7. The number of benzene rings is 1. The van der Waals surface area contributed by atoms with Gasteiger partial charge in [-0.15, -0.1) is 0 Å². The monoisotopic (exact) mass is 337 g/mol. The number of nitrogens with one attached hydrogen (secondary N) is 1. The predicted octanol–water partition coefficient (Wildman–Crippen LogP) is 1.92. The smallest absolute Gasteiger partial charge is 0.358 e. The van der Waals surface area contributed by atoms with Gasteiger partial charge in [0.15, 0.2) is 5.65 Å². The molecule has 0 aliphatic carbocycles. The quantitative estimate of drug-likeness (QED) is 0.737. The minimum atomic E-state index is -5.06. The fourth-order valence-corrected chi connectivity index (χ4v) is 2.83. The lowest BCUT2D eigenvalue weighted by Crippen LogP contribution is -2.07.